The Hall–Kier alpha value is -0.610. The molecule has 2 N–H and O–H groups in total. The molecule has 110 valence electrons. The minimum atomic E-state index is -0.783. The minimum absolute atomic E-state index is 0.200. The number of likely N-dealkylation sites (tertiary alicyclic amines) is 1. The number of esters is 1. The van der Waals surface area contributed by atoms with E-state index in [-0.39, 0.29) is 5.97 Å². The number of carbonyl (C=O) groups is 1. The topological polar surface area (TPSA) is 55.6 Å². The Morgan fingerprint density at radius 1 is 1.32 bits per heavy atom. The number of ether oxygens (including phenoxy) is 1. The highest BCUT2D eigenvalue weighted by molar-refractivity contribution is 5.82. The van der Waals surface area contributed by atoms with Crippen molar-refractivity contribution >= 4 is 5.97 Å². The third-order valence-corrected chi connectivity index (χ3v) is 4.62. The Labute approximate surface area is 116 Å². The zero-order valence-electron chi connectivity index (χ0n) is 12.4. The van der Waals surface area contributed by atoms with Gasteiger partial charge in [-0.15, -0.1) is 0 Å². The highest BCUT2D eigenvalue weighted by Gasteiger charge is 2.50. The van der Waals surface area contributed by atoms with Gasteiger partial charge in [0.25, 0.3) is 0 Å². The van der Waals surface area contributed by atoms with Gasteiger partial charge in [0.2, 0.25) is 0 Å². The molecule has 2 rings (SSSR count). The van der Waals surface area contributed by atoms with E-state index in [4.69, 9.17) is 10.5 Å². The smallest absolute Gasteiger partial charge is 0.327 e. The summed E-state index contributed by atoms with van der Waals surface area (Å²) in [5.74, 6) is 0.121. The molecule has 1 aliphatic heterocycles. The molecule has 0 aromatic rings. The molecule has 2 fully saturated rings. The van der Waals surface area contributed by atoms with E-state index in [0.29, 0.717) is 25.1 Å². The number of hydrogen-bond donors (Lipinski definition) is 1. The molecule has 0 spiro atoms. The van der Waals surface area contributed by atoms with Gasteiger partial charge in [0, 0.05) is 12.6 Å². The molecule has 2 aliphatic rings. The van der Waals surface area contributed by atoms with E-state index in [2.05, 4.69) is 11.8 Å². The Morgan fingerprint density at radius 2 is 2.05 bits per heavy atom. The van der Waals surface area contributed by atoms with Crippen molar-refractivity contribution < 1.29 is 9.53 Å². The standard InChI is InChI=1S/C15H28N2O2/c1-3-19-14(18)15(16,13-8-9-13)11-17-10-6-4-5-7-12(17)2/h12-13H,3-11,16H2,1-2H3. The fourth-order valence-corrected chi connectivity index (χ4v) is 3.13. The Balaban J connectivity index is 2.04. The second-order valence-electron chi connectivity index (χ2n) is 6.20. The molecule has 2 atom stereocenters. The molecule has 4 nitrogen and oxygen atoms in total. The van der Waals surface area contributed by atoms with Gasteiger partial charge in [-0.05, 0) is 52.0 Å². The first kappa shape index (κ1) is 14.8. The quantitative estimate of drug-likeness (QED) is 0.774. The first-order chi connectivity index (χ1) is 9.08. The van der Waals surface area contributed by atoms with Crippen LogP contribution in [0.1, 0.15) is 52.4 Å². The van der Waals surface area contributed by atoms with Crippen molar-refractivity contribution in [3.63, 3.8) is 0 Å². The number of nitrogens with two attached hydrogens (primary N) is 1. The van der Waals surface area contributed by atoms with Gasteiger partial charge in [-0.25, -0.2) is 4.79 Å². The third-order valence-electron chi connectivity index (χ3n) is 4.62. The van der Waals surface area contributed by atoms with Crippen LogP contribution in [0, 0.1) is 5.92 Å². The zero-order chi connectivity index (χ0) is 13.9. The van der Waals surface area contributed by atoms with Gasteiger partial charge in [0.15, 0.2) is 0 Å². The average molecular weight is 268 g/mol. The summed E-state index contributed by atoms with van der Waals surface area (Å²) in [5.41, 5.74) is 5.68. The van der Waals surface area contributed by atoms with Gasteiger partial charge in [-0.1, -0.05) is 12.8 Å². The van der Waals surface area contributed by atoms with Crippen molar-refractivity contribution in [2.45, 2.75) is 64.0 Å². The van der Waals surface area contributed by atoms with Crippen LogP contribution in [-0.4, -0.2) is 42.1 Å². The van der Waals surface area contributed by atoms with Gasteiger partial charge >= 0.3 is 5.97 Å². The number of carbonyl (C=O) groups excluding carboxylic acids is 1. The minimum Gasteiger partial charge on any atom is -0.465 e. The van der Waals surface area contributed by atoms with Gasteiger partial charge in [-0.2, -0.15) is 0 Å². The summed E-state index contributed by atoms with van der Waals surface area (Å²) in [6.45, 7) is 6.24. The van der Waals surface area contributed by atoms with E-state index in [1.54, 1.807) is 0 Å². The fourth-order valence-electron chi connectivity index (χ4n) is 3.13. The van der Waals surface area contributed by atoms with Crippen LogP contribution in [0.15, 0.2) is 0 Å². The maximum absolute atomic E-state index is 12.2. The van der Waals surface area contributed by atoms with E-state index in [9.17, 15) is 4.79 Å². The molecule has 19 heavy (non-hydrogen) atoms. The Kier molecular flexibility index (Phi) is 4.85. The van der Waals surface area contributed by atoms with E-state index in [1.807, 2.05) is 6.92 Å². The molecule has 2 unspecified atom stereocenters. The second-order valence-corrected chi connectivity index (χ2v) is 6.20. The van der Waals surface area contributed by atoms with Crippen LogP contribution in [0.25, 0.3) is 0 Å². The summed E-state index contributed by atoms with van der Waals surface area (Å²) in [5, 5.41) is 0. The lowest BCUT2D eigenvalue weighted by Gasteiger charge is -2.36. The average Bonchev–Trinajstić information content (AvgIpc) is 3.20. The number of rotatable bonds is 5. The molecule has 0 amide bonds. The van der Waals surface area contributed by atoms with Gasteiger partial charge < -0.3 is 10.5 Å². The lowest BCUT2D eigenvalue weighted by Crippen LogP contribution is -2.59. The molecule has 1 saturated heterocycles. The summed E-state index contributed by atoms with van der Waals surface area (Å²) in [7, 11) is 0. The van der Waals surface area contributed by atoms with Crippen molar-refractivity contribution in [2.24, 2.45) is 11.7 Å². The largest absolute Gasteiger partial charge is 0.465 e. The zero-order valence-corrected chi connectivity index (χ0v) is 12.4. The molecule has 1 heterocycles. The maximum Gasteiger partial charge on any atom is 0.327 e. The molecule has 0 aromatic carbocycles. The number of nitrogens with zero attached hydrogens (tertiary/aromatic N) is 1. The van der Waals surface area contributed by atoms with Crippen molar-refractivity contribution in [1.82, 2.24) is 4.90 Å². The lowest BCUT2D eigenvalue weighted by atomic mass is 9.93. The van der Waals surface area contributed by atoms with E-state index in [1.165, 1.54) is 25.7 Å². The summed E-state index contributed by atoms with van der Waals surface area (Å²) in [4.78, 5) is 14.6. The lowest BCUT2D eigenvalue weighted by molar-refractivity contribution is -0.151. The van der Waals surface area contributed by atoms with E-state index in [0.717, 1.165) is 19.4 Å². The molecule has 0 radical (unpaired) electrons. The van der Waals surface area contributed by atoms with Crippen LogP contribution in [0.4, 0.5) is 0 Å². The predicted octanol–water partition coefficient (Wildman–Crippen LogP) is 1.92. The predicted molar refractivity (Wildman–Crippen MR) is 75.8 cm³/mol. The molecular weight excluding hydrogens is 240 g/mol. The molecular formula is C15H28N2O2. The van der Waals surface area contributed by atoms with Crippen LogP contribution in [0.5, 0.6) is 0 Å². The maximum atomic E-state index is 12.2. The third kappa shape index (κ3) is 3.48. The van der Waals surface area contributed by atoms with Gasteiger partial charge in [0.05, 0.1) is 6.61 Å². The molecule has 1 aliphatic carbocycles. The van der Waals surface area contributed by atoms with Crippen molar-refractivity contribution in [1.29, 1.82) is 0 Å². The summed E-state index contributed by atoms with van der Waals surface area (Å²) >= 11 is 0. The molecule has 0 bridgehead atoms. The van der Waals surface area contributed by atoms with E-state index < -0.39 is 5.54 Å². The summed E-state index contributed by atoms with van der Waals surface area (Å²) in [6.07, 6.45) is 7.14. The monoisotopic (exact) mass is 268 g/mol. The fraction of sp³-hybridized carbons (Fsp3) is 0.933. The van der Waals surface area contributed by atoms with Crippen molar-refractivity contribution in [3.05, 3.63) is 0 Å². The van der Waals surface area contributed by atoms with Gasteiger partial charge in [-0.3, -0.25) is 4.90 Å². The van der Waals surface area contributed by atoms with Crippen molar-refractivity contribution in [3.8, 4) is 0 Å². The summed E-state index contributed by atoms with van der Waals surface area (Å²) in [6, 6.07) is 0.526. The Bertz CT molecular complexity index is 317. The van der Waals surface area contributed by atoms with Crippen LogP contribution >= 0.6 is 0 Å². The van der Waals surface area contributed by atoms with Crippen LogP contribution in [-0.2, 0) is 9.53 Å². The van der Waals surface area contributed by atoms with Crippen LogP contribution in [0.2, 0.25) is 0 Å². The van der Waals surface area contributed by atoms with Crippen LogP contribution in [0.3, 0.4) is 0 Å². The molecule has 0 aromatic heterocycles. The summed E-state index contributed by atoms with van der Waals surface area (Å²) < 4.78 is 5.23. The highest BCUT2D eigenvalue weighted by Crippen LogP contribution is 2.40. The number of hydrogen-bond acceptors (Lipinski definition) is 4. The Morgan fingerprint density at radius 3 is 2.68 bits per heavy atom. The first-order valence-corrected chi connectivity index (χ1v) is 7.78. The molecule has 1 saturated carbocycles. The van der Waals surface area contributed by atoms with Gasteiger partial charge in [0.1, 0.15) is 5.54 Å². The second kappa shape index (κ2) is 6.23. The first-order valence-electron chi connectivity index (χ1n) is 7.78. The van der Waals surface area contributed by atoms with Crippen LogP contribution < -0.4 is 5.73 Å². The normalized spacial score (nSPS) is 28.5. The highest BCUT2D eigenvalue weighted by atomic mass is 16.5. The van der Waals surface area contributed by atoms with E-state index >= 15 is 0 Å². The van der Waals surface area contributed by atoms with Crippen molar-refractivity contribution in [2.75, 3.05) is 19.7 Å². The molecule has 4 heteroatoms. The SMILES string of the molecule is CCOC(=O)C(N)(CN1CCCCCC1C)C1CC1.